The van der Waals surface area contributed by atoms with E-state index in [1.165, 1.54) is 19.3 Å². The van der Waals surface area contributed by atoms with Gasteiger partial charge in [-0.1, -0.05) is 6.42 Å². The van der Waals surface area contributed by atoms with Crippen LogP contribution >= 0.6 is 0 Å². The first-order valence-corrected chi connectivity index (χ1v) is 7.78. The average molecular weight is 293 g/mol. The molecule has 0 radical (unpaired) electrons. The number of piperidine rings is 1. The van der Waals surface area contributed by atoms with Gasteiger partial charge in [-0.15, -0.1) is 0 Å². The molecule has 0 aromatic carbocycles. The van der Waals surface area contributed by atoms with Crippen molar-refractivity contribution < 1.29 is 5.11 Å². The summed E-state index contributed by atoms with van der Waals surface area (Å²) in [5, 5.41) is 9.69. The molecule has 1 aromatic heterocycles. The summed E-state index contributed by atoms with van der Waals surface area (Å²) in [7, 11) is 4.05. The van der Waals surface area contributed by atoms with Crippen LogP contribution in [0.25, 0.3) is 0 Å². The van der Waals surface area contributed by atoms with Gasteiger partial charge in [0.15, 0.2) is 5.75 Å². The largest absolute Gasteiger partial charge is 0.503 e. The number of aromatic hydroxyl groups is 1. The van der Waals surface area contributed by atoms with Gasteiger partial charge in [-0.25, -0.2) is 0 Å². The van der Waals surface area contributed by atoms with E-state index in [4.69, 9.17) is 0 Å². The van der Waals surface area contributed by atoms with E-state index in [1.807, 2.05) is 18.7 Å². The van der Waals surface area contributed by atoms with Crippen molar-refractivity contribution in [2.75, 3.05) is 27.2 Å². The van der Waals surface area contributed by atoms with E-state index in [2.05, 4.69) is 16.7 Å². The first-order valence-electron chi connectivity index (χ1n) is 7.78. The van der Waals surface area contributed by atoms with Crippen molar-refractivity contribution in [2.24, 2.45) is 0 Å². The highest BCUT2D eigenvalue weighted by Gasteiger charge is 2.19. The molecule has 0 amide bonds. The maximum atomic E-state index is 11.8. The fourth-order valence-corrected chi connectivity index (χ4v) is 2.86. The van der Waals surface area contributed by atoms with E-state index >= 15 is 0 Å². The number of likely N-dealkylation sites (N-methyl/N-ethyl adjacent to an activating group) is 1. The minimum atomic E-state index is -0.282. The lowest BCUT2D eigenvalue weighted by Gasteiger charge is -2.34. The number of nitrogens with zero attached hydrogens (tertiary/aromatic N) is 3. The molecule has 1 N–H and O–H groups in total. The summed E-state index contributed by atoms with van der Waals surface area (Å²) >= 11 is 0. The molecule has 1 aromatic rings. The normalized spacial score (nSPS) is 20.1. The zero-order valence-corrected chi connectivity index (χ0v) is 13.4. The first kappa shape index (κ1) is 16.0. The van der Waals surface area contributed by atoms with Gasteiger partial charge < -0.3 is 14.6 Å². The third-order valence-corrected chi connectivity index (χ3v) is 4.29. The van der Waals surface area contributed by atoms with Crippen LogP contribution in [0.1, 0.15) is 31.9 Å². The Morgan fingerprint density at radius 3 is 2.81 bits per heavy atom. The molecule has 1 fully saturated rings. The second-order valence-electron chi connectivity index (χ2n) is 6.33. The van der Waals surface area contributed by atoms with Crippen molar-refractivity contribution in [3.8, 4) is 5.75 Å². The Labute approximate surface area is 126 Å². The van der Waals surface area contributed by atoms with Crippen LogP contribution in [0, 0.1) is 0 Å². The van der Waals surface area contributed by atoms with E-state index in [-0.39, 0.29) is 11.2 Å². The minimum absolute atomic E-state index is 0.163. The third-order valence-electron chi connectivity index (χ3n) is 4.29. The lowest BCUT2D eigenvalue weighted by molar-refractivity contribution is 0.148. The van der Waals surface area contributed by atoms with Gasteiger partial charge in [-0.2, -0.15) is 0 Å². The smallest absolute Gasteiger partial charge is 0.223 e. The maximum Gasteiger partial charge on any atom is 0.223 e. The molecule has 1 saturated heterocycles. The Hall–Kier alpha value is -1.33. The SMILES string of the molecule is CC1CCCCN1Cc1cc(=O)c(O)cn1CCN(C)C. The molecule has 1 unspecified atom stereocenters. The van der Waals surface area contributed by atoms with Crippen molar-refractivity contribution in [1.29, 1.82) is 0 Å². The lowest BCUT2D eigenvalue weighted by Crippen LogP contribution is -2.38. The summed E-state index contributed by atoms with van der Waals surface area (Å²) in [6, 6.07) is 2.15. The number of rotatable bonds is 5. The van der Waals surface area contributed by atoms with Crippen molar-refractivity contribution in [2.45, 2.75) is 45.3 Å². The molecule has 2 heterocycles. The molecule has 0 aliphatic carbocycles. The number of hydrogen-bond donors (Lipinski definition) is 1. The predicted octanol–water partition coefficient (Wildman–Crippen LogP) is 1.49. The number of aromatic nitrogens is 1. The summed E-state index contributed by atoms with van der Waals surface area (Å²) < 4.78 is 2.01. The fourth-order valence-electron chi connectivity index (χ4n) is 2.86. The molecule has 1 aliphatic rings. The third kappa shape index (κ3) is 4.32. The summed E-state index contributed by atoms with van der Waals surface area (Å²) in [6.45, 7) is 5.78. The summed E-state index contributed by atoms with van der Waals surface area (Å²) in [5.74, 6) is -0.163. The molecule has 5 nitrogen and oxygen atoms in total. The van der Waals surface area contributed by atoms with E-state index < -0.39 is 0 Å². The number of hydrogen-bond acceptors (Lipinski definition) is 4. The van der Waals surface area contributed by atoms with Gasteiger partial charge in [0.05, 0.1) is 6.20 Å². The standard InChI is InChI=1S/C16H27N3O2/c1-13-6-4-5-7-18(13)11-14-10-15(20)16(21)12-19(14)9-8-17(2)3/h10,12-13,21H,4-9,11H2,1-3H3. The molecule has 2 rings (SSSR count). The quantitative estimate of drug-likeness (QED) is 0.893. The lowest BCUT2D eigenvalue weighted by atomic mass is 10.0. The van der Waals surface area contributed by atoms with E-state index in [9.17, 15) is 9.90 Å². The van der Waals surface area contributed by atoms with E-state index in [1.54, 1.807) is 12.3 Å². The van der Waals surface area contributed by atoms with Crippen molar-refractivity contribution >= 4 is 0 Å². The van der Waals surface area contributed by atoms with Gasteiger partial charge in [-0.05, 0) is 40.4 Å². The molecule has 5 heteroatoms. The van der Waals surface area contributed by atoms with Gasteiger partial charge in [0.1, 0.15) is 0 Å². The highest BCUT2D eigenvalue weighted by Crippen LogP contribution is 2.19. The Balaban J connectivity index is 2.19. The Kier molecular flexibility index (Phi) is 5.42. The van der Waals surface area contributed by atoms with Crippen LogP contribution in [-0.4, -0.2) is 52.7 Å². The minimum Gasteiger partial charge on any atom is -0.503 e. The maximum absolute atomic E-state index is 11.8. The first-order chi connectivity index (χ1) is 9.97. The van der Waals surface area contributed by atoms with Crippen LogP contribution in [0.3, 0.4) is 0 Å². The van der Waals surface area contributed by atoms with E-state index in [0.717, 1.165) is 31.9 Å². The van der Waals surface area contributed by atoms with Crippen LogP contribution in [-0.2, 0) is 13.1 Å². The van der Waals surface area contributed by atoms with Gasteiger partial charge >= 0.3 is 0 Å². The monoisotopic (exact) mass is 293 g/mol. The van der Waals surface area contributed by atoms with E-state index in [0.29, 0.717) is 6.04 Å². The molecule has 1 aliphatic heterocycles. The highest BCUT2D eigenvalue weighted by atomic mass is 16.3. The molecule has 0 bridgehead atoms. The second kappa shape index (κ2) is 7.09. The molecule has 0 spiro atoms. The second-order valence-corrected chi connectivity index (χ2v) is 6.33. The summed E-state index contributed by atoms with van der Waals surface area (Å²) in [4.78, 5) is 16.3. The summed E-state index contributed by atoms with van der Waals surface area (Å²) in [6.07, 6.45) is 5.32. The Bertz CT molecular complexity index is 525. The number of likely N-dealkylation sites (tertiary alicyclic amines) is 1. The zero-order valence-electron chi connectivity index (χ0n) is 13.4. The Morgan fingerprint density at radius 2 is 2.14 bits per heavy atom. The average Bonchev–Trinajstić information content (AvgIpc) is 2.43. The van der Waals surface area contributed by atoms with Gasteiger partial charge in [-0.3, -0.25) is 9.69 Å². The zero-order chi connectivity index (χ0) is 15.4. The van der Waals surface area contributed by atoms with Crippen LogP contribution < -0.4 is 5.43 Å². The van der Waals surface area contributed by atoms with Crippen LogP contribution in [0.15, 0.2) is 17.1 Å². The molecule has 1 atom stereocenters. The Morgan fingerprint density at radius 1 is 1.38 bits per heavy atom. The van der Waals surface area contributed by atoms with Crippen LogP contribution in [0.2, 0.25) is 0 Å². The summed E-state index contributed by atoms with van der Waals surface area (Å²) in [5.41, 5.74) is 0.712. The predicted molar refractivity (Wildman–Crippen MR) is 84.6 cm³/mol. The van der Waals surface area contributed by atoms with Crippen molar-refractivity contribution in [3.05, 3.63) is 28.2 Å². The molecular weight excluding hydrogens is 266 g/mol. The fraction of sp³-hybridized carbons (Fsp3) is 0.688. The molecular formula is C16H27N3O2. The van der Waals surface area contributed by atoms with Crippen molar-refractivity contribution in [3.63, 3.8) is 0 Å². The topological polar surface area (TPSA) is 48.7 Å². The van der Waals surface area contributed by atoms with Crippen LogP contribution in [0.5, 0.6) is 5.75 Å². The molecule has 0 saturated carbocycles. The van der Waals surface area contributed by atoms with Gasteiger partial charge in [0, 0.05) is 37.4 Å². The number of pyridine rings is 1. The van der Waals surface area contributed by atoms with Gasteiger partial charge in [0.2, 0.25) is 5.43 Å². The van der Waals surface area contributed by atoms with Crippen molar-refractivity contribution in [1.82, 2.24) is 14.4 Å². The molecule has 118 valence electrons. The van der Waals surface area contributed by atoms with Crippen LogP contribution in [0.4, 0.5) is 0 Å². The molecule has 21 heavy (non-hydrogen) atoms. The highest BCUT2D eigenvalue weighted by molar-refractivity contribution is 5.20. The van der Waals surface area contributed by atoms with Gasteiger partial charge in [0.25, 0.3) is 0 Å².